The predicted octanol–water partition coefficient (Wildman–Crippen LogP) is 3.63. The quantitative estimate of drug-likeness (QED) is 0.865. The van der Waals surface area contributed by atoms with Gasteiger partial charge in [-0.1, -0.05) is 24.2 Å². The maximum atomic E-state index is 12.0. The van der Waals surface area contributed by atoms with Crippen molar-refractivity contribution in [2.45, 2.75) is 49.6 Å². The summed E-state index contributed by atoms with van der Waals surface area (Å²) in [6.45, 7) is 2.91. The molecule has 2 aromatic heterocycles. The number of Topliss-reactive ketones (excluding diaryl/α,β-unsaturated/α-hetero) is 1. The van der Waals surface area contributed by atoms with Gasteiger partial charge in [0.1, 0.15) is 5.78 Å². The van der Waals surface area contributed by atoms with E-state index in [0.717, 1.165) is 48.1 Å². The minimum atomic E-state index is 0.0643. The Morgan fingerprint density at radius 3 is 3.05 bits per heavy atom. The number of rotatable bonds is 4. The lowest BCUT2D eigenvalue weighted by atomic mass is 9.99. The number of nitrogens with zero attached hydrogens (tertiary/aromatic N) is 3. The molecule has 0 spiro atoms. The topological polar surface area (TPSA) is 47.8 Å². The molecular weight excluding hydrogens is 290 g/mol. The Kier molecular flexibility index (Phi) is 4.21. The van der Waals surface area contributed by atoms with Crippen molar-refractivity contribution >= 4 is 28.9 Å². The van der Waals surface area contributed by atoms with Crippen molar-refractivity contribution in [1.82, 2.24) is 14.8 Å². The highest BCUT2D eigenvalue weighted by Crippen LogP contribution is 2.33. The van der Waals surface area contributed by atoms with E-state index in [1.165, 1.54) is 0 Å². The van der Waals surface area contributed by atoms with Crippen molar-refractivity contribution in [2.75, 3.05) is 0 Å². The molecule has 0 saturated heterocycles. The second kappa shape index (κ2) is 6.10. The van der Waals surface area contributed by atoms with Crippen LogP contribution < -0.4 is 0 Å². The SMILES string of the molecule is CCn1c(S[C@H]2CCCCC2=O)nnc1-c1cccs1. The van der Waals surface area contributed by atoms with Gasteiger partial charge in [-0.15, -0.1) is 21.5 Å². The minimum absolute atomic E-state index is 0.0643. The third kappa shape index (κ3) is 2.67. The molecule has 1 fully saturated rings. The minimum Gasteiger partial charge on any atom is -0.302 e. The highest BCUT2D eigenvalue weighted by atomic mass is 32.2. The number of thiophene rings is 1. The van der Waals surface area contributed by atoms with Crippen molar-refractivity contribution in [3.8, 4) is 10.7 Å². The number of ketones is 1. The highest BCUT2D eigenvalue weighted by Gasteiger charge is 2.26. The van der Waals surface area contributed by atoms with Crippen LogP contribution in [0.3, 0.4) is 0 Å². The monoisotopic (exact) mass is 307 g/mol. The fourth-order valence-electron chi connectivity index (χ4n) is 2.45. The lowest BCUT2D eigenvalue weighted by molar-refractivity contribution is -0.119. The average molecular weight is 307 g/mol. The zero-order valence-corrected chi connectivity index (χ0v) is 13.0. The van der Waals surface area contributed by atoms with Crippen molar-refractivity contribution in [3.63, 3.8) is 0 Å². The molecule has 0 unspecified atom stereocenters. The third-order valence-electron chi connectivity index (χ3n) is 3.52. The van der Waals surface area contributed by atoms with Gasteiger partial charge in [-0.3, -0.25) is 4.79 Å². The fraction of sp³-hybridized carbons (Fsp3) is 0.500. The van der Waals surface area contributed by atoms with Gasteiger partial charge in [-0.25, -0.2) is 0 Å². The van der Waals surface area contributed by atoms with E-state index in [4.69, 9.17) is 0 Å². The van der Waals surface area contributed by atoms with Crippen molar-refractivity contribution in [2.24, 2.45) is 0 Å². The molecule has 6 heteroatoms. The van der Waals surface area contributed by atoms with E-state index in [-0.39, 0.29) is 5.25 Å². The van der Waals surface area contributed by atoms with Gasteiger partial charge in [0.15, 0.2) is 11.0 Å². The maximum Gasteiger partial charge on any atom is 0.192 e. The van der Waals surface area contributed by atoms with E-state index in [9.17, 15) is 4.79 Å². The first-order chi connectivity index (χ1) is 9.79. The molecule has 0 aromatic carbocycles. The molecule has 1 aliphatic carbocycles. The summed E-state index contributed by atoms with van der Waals surface area (Å²) in [4.78, 5) is 13.1. The second-order valence-corrected chi connectivity index (χ2v) is 6.96. The zero-order chi connectivity index (χ0) is 13.9. The number of thioether (sulfide) groups is 1. The molecule has 2 heterocycles. The van der Waals surface area contributed by atoms with Gasteiger partial charge in [0, 0.05) is 13.0 Å². The highest BCUT2D eigenvalue weighted by molar-refractivity contribution is 8.00. The van der Waals surface area contributed by atoms with Crippen LogP contribution in [0.1, 0.15) is 32.6 Å². The van der Waals surface area contributed by atoms with Crippen LogP contribution in [0, 0.1) is 0 Å². The molecule has 0 N–H and O–H groups in total. The van der Waals surface area contributed by atoms with Gasteiger partial charge in [0.05, 0.1) is 10.1 Å². The standard InChI is InChI=1S/C14H17N3OS2/c1-2-17-13(12-8-5-9-19-12)15-16-14(17)20-11-7-4-3-6-10(11)18/h5,8-9,11H,2-4,6-7H2,1H3/t11-/m0/s1. The summed E-state index contributed by atoms with van der Waals surface area (Å²) in [7, 11) is 0. The van der Waals surface area contributed by atoms with Crippen LogP contribution in [0.15, 0.2) is 22.7 Å². The Balaban J connectivity index is 1.85. The predicted molar refractivity (Wildman–Crippen MR) is 82.1 cm³/mol. The summed E-state index contributed by atoms with van der Waals surface area (Å²) in [5.41, 5.74) is 0. The molecule has 0 aliphatic heterocycles. The molecule has 4 nitrogen and oxygen atoms in total. The van der Waals surface area contributed by atoms with Gasteiger partial charge >= 0.3 is 0 Å². The van der Waals surface area contributed by atoms with E-state index in [2.05, 4.69) is 27.8 Å². The molecule has 3 rings (SSSR count). The Morgan fingerprint density at radius 2 is 2.35 bits per heavy atom. The molecule has 20 heavy (non-hydrogen) atoms. The van der Waals surface area contributed by atoms with Crippen molar-refractivity contribution in [1.29, 1.82) is 0 Å². The number of hydrogen-bond acceptors (Lipinski definition) is 5. The van der Waals surface area contributed by atoms with Crippen molar-refractivity contribution in [3.05, 3.63) is 17.5 Å². The Bertz CT molecular complexity index is 592. The van der Waals surface area contributed by atoms with Crippen molar-refractivity contribution < 1.29 is 4.79 Å². The first-order valence-electron chi connectivity index (χ1n) is 6.96. The van der Waals surface area contributed by atoms with Gasteiger partial charge in [-0.2, -0.15) is 0 Å². The van der Waals surface area contributed by atoms with Gasteiger partial charge in [-0.05, 0) is 31.2 Å². The molecule has 0 bridgehead atoms. The van der Waals surface area contributed by atoms with Gasteiger partial charge in [0.25, 0.3) is 0 Å². The first-order valence-corrected chi connectivity index (χ1v) is 8.72. The lowest BCUT2D eigenvalue weighted by Crippen LogP contribution is -2.21. The third-order valence-corrected chi connectivity index (χ3v) is 5.68. The summed E-state index contributed by atoms with van der Waals surface area (Å²) in [6, 6.07) is 4.08. The van der Waals surface area contributed by atoms with Crippen LogP contribution in [0.2, 0.25) is 0 Å². The molecular formula is C14H17N3OS2. The normalized spacial score (nSPS) is 19.4. The zero-order valence-electron chi connectivity index (χ0n) is 11.4. The molecule has 1 saturated carbocycles. The second-order valence-electron chi connectivity index (χ2n) is 4.85. The Labute approximate surface area is 126 Å². The van der Waals surface area contributed by atoms with E-state index in [1.54, 1.807) is 23.1 Å². The van der Waals surface area contributed by atoms with Crippen LogP contribution >= 0.6 is 23.1 Å². The molecule has 0 radical (unpaired) electrons. The number of carbonyl (C=O) groups excluding carboxylic acids is 1. The first kappa shape index (κ1) is 13.8. The Morgan fingerprint density at radius 1 is 1.45 bits per heavy atom. The summed E-state index contributed by atoms with van der Waals surface area (Å²) < 4.78 is 2.11. The largest absolute Gasteiger partial charge is 0.302 e. The number of carbonyl (C=O) groups is 1. The van der Waals surface area contributed by atoms with Gasteiger partial charge < -0.3 is 4.57 Å². The summed E-state index contributed by atoms with van der Waals surface area (Å²) in [5, 5.41) is 11.6. The number of hydrogen-bond donors (Lipinski definition) is 0. The Hall–Kier alpha value is -1.14. The van der Waals surface area contributed by atoms with Crippen LogP contribution in [0.4, 0.5) is 0 Å². The van der Waals surface area contributed by atoms with Crippen LogP contribution in [-0.4, -0.2) is 25.8 Å². The van der Waals surface area contributed by atoms with Crippen LogP contribution in [0.25, 0.3) is 10.7 Å². The van der Waals surface area contributed by atoms with E-state index in [1.807, 2.05) is 11.4 Å². The summed E-state index contributed by atoms with van der Waals surface area (Å²) in [6.07, 6.45) is 3.86. The van der Waals surface area contributed by atoms with Gasteiger partial charge in [0.2, 0.25) is 0 Å². The van der Waals surface area contributed by atoms with Crippen LogP contribution in [0.5, 0.6) is 0 Å². The van der Waals surface area contributed by atoms with E-state index in [0.29, 0.717) is 5.78 Å². The molecule has 0 amide bonds. The smallest absolute Gasteiger partial charge is 0.192 e. The fourth-order valence-corrected chi connectivity index (χ4v) is 4.39. The molecule has 2 aromatic rings. The molecule has 106 valence electrons. The molecule has 1 atom stereocenters. The van der Waals surface area contributed by atoms with E-state index < -0.39 is 0 Å². The van der Waals surface area contributed by atoms with Crippen LogP contribution in [-0.2, 0) is 11.3 Å². The van der Waals surface area contributed by atoms with E-state index >= 15 is 0 Å². The lowest BCUT2D eigenvalue weighted by Gasteiger charge is -2.19. The average Bonchev–Trinajstić information content (AvgIpc) is 3.10. The summed E-state index contributed by atoms with van der Waals surface area (Å²) in [5.74, 6) is 1.28. The summed E-state index contributed by atoms with van der Waals surface area (Å²) >= 11 is 3.25. The molecule has 1 aliphatic rings. The maximum absolute atomic E-state index is 12.0. The number of aromatic nitrogens is 3.